The van der Waals surface area contributed by atoms with Crippen molar-refractivity contribution < 1.29 is 9.21 Å². The first-order valence-electron chi connectivity index (χ1n) is 9.25. The number of piperazine rings is 1. The number of benzene rings is 1. The second kappa shape index (κ2) is 8.87. The Morgan fingerprint density at radius 3 is 2.73 bits per heavy atom. The zero-order valence-corrected chi connectivity index (χ0v) is 15.4. The van der Waals surface area contributed by atoms with E-state index in [1.54, 1.807) is 6.07 Å². The van der Waals surface area contributed by atoms with Gasteiger partial charge in [-0.3, -0.25) is 9.69 Å². The van der Waals surface area contributed by atoms with Gasteiger partial charge >= 0.3 is 0 Å². The van der Waals surface area contributed by atoms with Gasteiger partial charge in [0.1, 0.15) is 12.0 Å². The van der Waals surface area contributed by atoms with E-state index in [0.29, 0.717) is 24.4 Å². The number of anilines is 1. The van der Waals surface area contributed by atoms with Crippen LogP contribution < -0.4 is 16.0 Å². The van der Waals surface area contributed by atoms with Crippen LogP contribution in [0.4, 0.5) is 5.69 Å². The van der Waals surface area contributed by atoms with Gasteiger partial charge in [0.25, 0.3) is 5.91 Å². The minimum atomic E-state index is -0.0993. The van der Waals surface area contributed by atoms with Crippen LogP contribution >= 0.6 is 0 Å². The van der Waals surface area contributed by atoms with Crippen LogP contribution in [0.3, 0.4) is 0 Å². The molecule has 1 saturated heterocycles. The number of furan rings is 1. The summed E-state index contributed by atoms with van der Waals surface area (Å²) >= 11 is 0. The number of nitrogens with two attached hydrogens (primary N) is 1. The molecule has 0 radical (unpaired) electrons. The van der Waals surface area contributed by atoms with Crippen molar-refractivity contribution in [1.29, 1.82) is 0 Å². The van der Waals surface area contributed by atoms with Gasteiger partial charge in [-0.15, -0.1) is 0 Å². The van der Waals surface area contributed by atoms with E-state index in [1.165, 1.54) is 17.5 Å². The van der Waals surface area contributed by atoms with Gasteiger partial charge in [0.05, 0.1) is 12.1 Å². The standard InChI is InChI=1S/C20H28N4O2/c1-16-4-2-5-18(12-16)24-10-8-23(9-11-24)7-3-6-22-20(25)17-13-19(14-21)26-15-17/h2,4-5,12-13,15H,3,6-11,14,21H2,1H3,(H,22,25). The fourth-order valence-corrected chi connectivity index (χ4v) is 3.27. The van der Waals surface area contributed by atoms with E-state index in [4.69, 9.17) is 10.2 Å². The number of amides is 1. The van der Waals surface area contributed by atoms with E-state index >= 15 is 0 Å². The first kappa shape index (κ1) is 18.5. The Balaban J connectivity index is 1.34. The number of nitrogens with zero attached hydrogens (tertiary/aromatic N) is 2. The highest BCUT2D eigenvalue weighted by molar-refractivity contribution is 5.93. The number of rotatable bonds is 7. The van der Waals surface area contributed by atoms with E-state index < -0.39 is 0 Å². The number of hydrogen-bond acceptors (Lipinski definition) is 5. The second-order valence-corrected chi connectivity index (χ2v) is 6.78. The van der Waals surface area contributed by atoms with E-state index in [9.17, 15) is 4.79 Å². The maximum Gasteiger partial charge on any atom is 0.254 e. The van der Waals surface area contributed by atoms with Gasteiger partial charge in [0.2, 0.25) is 0 Å². The monoisotopic (exact) mass is 356 g/mol. The Morgan fingerprint density at radius 1 is 1.23 bits per heavy atom. The van der Waals surface area contributed by atoms with Gasteiger partial charge < -0.3 is 20.4 Å². The third-order valence-corrected chi connectivity index (χ3v) is 4.79. The molecule has 3 N–H and O–H groups in total. The maximum absolute atomic E-state index is 12.0. The average Bonchev–Trinajstić information content (AvgIpc) is 3.15. The van der Waals surface area contributed by atoms with Crippen molar-refractivity contribution in [2.45, 2.75) is 19.9 Å². The molecule has 3 rings (SSSR count). The van der Waals surface area contributed by atoms with Crippen LogP contribution in [0.25, 0.3) is 0 Å². The smallest absolute Gasteiger partial charge is 0.254 e. The molecule has 2 aromatic rings. The van der Waals surface area contributed by atoms with E-state index in [0.717, 1.165) is 39.1 Å². The van der Waals surface area contributed by atoms with Crippen LogP contribution in [0.15, 0.2) is 41.0 Å². The second-order valence-electron chi connectivity index (χ2n) is 6.78. The maximum atomic E-state index is 12.0. The highest BCUT2D eigenvalue weighted by Gasteiger charge is 2.17. The van der Waals surface area contributed by atoms with Gasteiger partial charge in [0.15, 0.2) is 0 Å². The number of carbonyl (C=O) groups excluding carboxylic acids is 1. The average molecular weight is 356 g/mol. The van der Waals surface area contributed by atoms with Gasteiger partial charge in [-0.1, -0.05) is 12.1 Å². The van der Waals surface area contributed by atoms with Gasteiger partial charge in [-0.25, -0.2) is 0 Å². The molecule has 1 amide bonds. The highest BCUT2D eigenvalue weighted by Crippen LogP contribution is 2.17. The van der Waals surface area contributed by atoms with Crippen molar-refractivity contribution in [3.8, 4) is 0 Å². The first-order chi connectivity index (χ1) is 12.7. The third-order valence-electron chi connectivity index (χ3n) is 4.79. The Bertz CT molecular complexity index is 720. The predicted molar refractivity (Wildman–Crippen MR) is 103 cm³/mol. The molecule has 6 nitrogen and oxygen atoms in total. The van der Waals surface area contributed by atoms with Gasteiger partial charge in [-0.05, 0) is 43.7 Å². The summed E-state index contributed by atoms with van der Waals surface area (Å²) < 4.78 is 5.19. The topological polar surface area (TPSA) is 74.7 Å². The van der Waals surface area contributed by atoms with E-state index in [1.807, 2.05) is 0 Å². The molecule has 0 spiro atoms. The summed E-state index contributed by atoms with van der Waals surface area (Å²) in [6.07, 6.45) is 2.40. The van der Waals surface area contributed by atoms with E-state index in [-0.39, 0.29) is 5.91 Å². The molecule has 1 aliphatic heterocycles. The minimum absolute atomic E-state index is 0.0993. The minimum Gasteiger partial charge on any atom is -0.467 e. The lowest BCUT2D eigenvalue weighted by molar-refractivity contribution is 0.0951. The lowest BCUT2D eigenvalue weighted by Crippen LogP contribution is -2.47. The zero-order chi connectivity index (χ0) is 18.4. The fourth-order valence-electron chi connectivity index (χ4n) is 3.27. The van der Waals surface area contributed by atoms with Gasteiger partial charge in [-0.2, -0.15) is 0 Å². The first-order valence-corrected chi connectivity index (χ1v) is 9.25. The van der Waals surface area contributed by atoms with Crippen molar-refractivity contribution in [2.75, 3.05) is 44.2 Å². The lowest BCUT2D eigenvalue weighted by Gasteiger charge is -2.36. The van der Waals surface area contributed by atoms with Crippen LogP contribution in [-0.2, 0) is 6.54 Å². The quantitative estimate of drug-likeness (QED) is 0.742. The SMILES string of the molecule is Cc1cccc(N2CCN(CCCNC(=O)c3coc(CN)c3)CC2)c1. The van der Waals surface area contributed by atoms with Crippen LogP contribution in [0, 0.1) is 6.92 Å². The molecule has 0 aliphatic carbocycles. The molecule has 0 saturated carbocycles. The summed E-state index contributed by atoms with van der Waals surface area (Å²) in [5.41, 5.74) is 8.64. The Labute approximate surface area is 154 Å². The van der Waals surface area contributed by atoms with E-state index in [2.05, 4.69) is 46.3 Å². The van der Waals surface area contributed by atoms with Gasteiger partial charge in [0, 0.05) is 38.4 Å². The molecule has 0 unspecified atom stereocenters. The summed E-state index contributed by atoms with van der Waals surface area (Å²) in [6.45, 7) is 8.32. The summed E-state index contributed by atoms with van der Waals surface area (Å²) in [5, 5.41) is 2.94. The van der Waals surface area contributed by atoms with Crippen molar-refractivity contribution in [3.63, 3.8) is 0 Å². The van der Waals surface area contributed by atoms with Crippen LogP contribution in [0.5, 0.6) is 0 Å². The molecule has 6 heteroatoms. The molecule has 1 aromatic carbocycles. The summed E-state index contributed by atoms with van der Waals surface area (Å²) in [6, 6.07) is 10.4. The largest absolute Gasteiger partial charge is 0.467 e. The van der Waals surface area contributed by atoms with Crippen molar-refractivity contribution in [3.05, 3.63) is 53.5 Å². The predicted octanol–water partition coefficient (Wildman–Crippen LogP) is 1.99. The molecular formula is C20H28N4O2. The number of hydrogen-bond donors (Lipinski definition) is 2. The van der Waals surface area contributed by atoms with Crippen LogP contribution in [0.2, 0.25) is 0 Å². The third kappa shape index (κ3) is 4.86. The number of nitrogens with one attached hydrogen (secondary N) is 1. The molecular weight excluding hydrogens is 328 g/mol. The Kier molecular flexibility index (Phi) is 6.30. The Hall–Kier alpha value is -2.31. The Morgan fingerprint density at radius 2 is 2.04 bits per heavy atom. The summed E-state index contributed by atoms with van der Waals surface area (Å²) in [4.78, 5) is 16.9. The highest BCUT2D eigenvalue weighted by atomic mass is 16.3. The van der Waals surface area contributed by atoms with Crippen LogP contribution in [-0.4, -0.2) is 50.1 Å². The molecule has 1 aliphatic rings. The summed E-state index contributed by atoms with van der Waals surface area (Å²) in [7, 11) is 0. The summed E-state index contributed by atoms with van der Waals surface area (Å²) in [5.74, 6) is 0.527. The zero-order valence-electron chi connectivity index (χ0n) is 15.4. The normalized spacial score (nSPS) is 15.2. The number of carbonyl (C=O) groups is 1. The number of aryl methyl sites for hydroxylation is 1. The van der Waals surface area contributed by atoms with Crippen LogP contribution in [0.1, 0.15) is 28.1 Å². The lowest BCUT2D eigenvalue weighted by atomic mass is 10.2. The molecule has 0 atom stereocenters. The van der Waals surface area contributed by atoms with Crippen molar-refractivity contribution >= 4 is 11.6 Å². The molecule has 26 heavy (non-hydrogen) atoms. The molecule has 1 aromatic heterocycles. The molecule has 140 valence electrons. The fraction of sp³-hybridized carbons (Fsp3) is 0.450. The van der Waals surface area contributed by atoms with Crippen molar-refractivity contribution in [2.24, 2.45) is 5.73 Å². The molecule has 0 bridgehead atoms. The molecule has 1 fully saturated rings. The van der Waals surface area contributed by atoms with Crippen molar-refractivity contribution in [1.82, 2.24) is 10.2 Å². The molecule has 2 heterocycles.